The third kappa shape index (κ3) is 2.97. The maximum absolute atomic E-state index is 12.3. The summed E-state index contributed by atoms with van der Waals surface area (Å²) in [5, 5.41) is 6.10. The Morgan fingerprint density at radius 3 is 2.72 bits per heavy atom. The summed E-state index contributed by atoms with van der Waals surface area (Å²) in [7, 11) is 0. The number of halogens is 1. The van der Waals surface area contributed by atoms with Crippen molar-refractivity contribution >= 4 is 33.2 Å². The number of alkyl halides is 1. The van der Waals surface area contributed by atoms with Gasteiger partial charge in [0.05, 0.1) is 10.4 Å². The molecule has 0 saturated heterocycles. The molecule has 18 heavy (non-hydrogen) atoms. The average molecular weight is 330 g/mol. The maximum atomic E-state index is 12.3. The van der Waals surface area contributed by atoms with Crippen molar-refractivity contribution in [3.05, 3.63) is 21.9 Å². The zero-order valence-corrected chi connectivity index (χ0v) is 13.4. The van der Waals surface area contributed by atoms with Crippen LogP contribution in [-0.2, 0) is 0 Å². The van der Waals surface area contributed by atoms with E-state index in [1.165, 1.54) is 24.2 Å². The Hall–Kier alpha value is -0.350. The highest BCUT2D eigenvalue weighted by Crippen LogP contribution is 2.33. The van der Waals surface area contributed by atoms with Gasteiger partial charge in [0, 0.05) is 5.33 Å². The van der Waals surface area contributed by atoms with E-state index in [0.29, 0.717) is 0 Å². The lowest BCUT2D eigenvalue weighted by Gasteiger charge is -2.38. The molecule has 0 radical (unpaired) electrons. The van der Waals surface area contributed by atoms with E-state index in [2.05, 4.69) is 28.2 Å². The molecule has 0 unspecified atom stereocenters. The van der Waals surface area contributed by atoms with E-state index in [1.54, 1.807) is 0 Å². The zero-order valence-electron chi connectivity index (χ0n) is 11.0. The van der Waals surface area contributed by atoms with Crippen LogP contribution in [0.5, 0.6) is 0 Å². The van der Waals surface area contributed by atoms with Gasteiger partial charge in [-0.15, -0.1) is 11.3 Å². The number of hydrogen-bond acceptors (Lipinski definition) is 2. The first-order valence-corrected chi connectivity index (χ1v) is 8.49. The third-order valence-electron chi connectivity index (χ3n) is 3.93. The molecular weight excluding hydrogens is 310 g/mol. The minimum atomic E-state index is -0.0416. The molecule has 1 heterocycles. The second kappa shape index (κ2) is 5.74. The Labute approximate surface area is 121 Å². The van der Waals surface area contributed by atoms with Gasteiger partial charge in [0.15, 0.2) is 0 Å². The molecular formula is C14H20BrNOS. The summed E-state index contributed by atoms with van der Waals surface area (Å²) < 4.78 is 0. The predicted octanol–water partition coefficient (Wildman–Crippen LogP) is 4.13. The van der Waals surface area contributed by atoms with Crippen LogP contribution in [-0.4, -0.2) is 16.8 Å². The fraction of sp³-hybridized carbons (Fsp3) is 0.643. The lowest BCUT2D eigenvalue weighted by atomic mass is 9.78. The van der Waals surface area contributed by atoms with Crippen molar-refractivity contribution < 1.29 is 4.79 Å². The van der Waals surface area contributed by atoms with Crippen LogP contribution in [0.25, 0.3) is 0 Å². The first kappa shape index (κ1) is 14.1. The van der Waals surface area contributed by atoms with E-state index >= 15 is 0 Å². The Morgan fingerprint density at radius 2 is 2.22 bits per heavy atom. The molecule has 1 N–H and O–H groups in total. The van der Waals surface area contributed by atoms with Gasteiger partial charge in [0.25, 0.3) is 5.91 Å². The van der Waals surface area contributed by atoms with Crippen molar-refractivity contribution in [3.8, 4) is 0 Å². The number of thiophene rings is 1. The van der Waals surface area contributed by atoms with Gasteiger partial charge in [-0.3, -0.25) is 4.79 Å². The molecule has 1 aromatic heterocycles. The Balaban J connectivity index is 2.07. The largest absolute Gasteiger partial charge is 0.345 e. The maximum Gasteiger partial charge on any atom is 0.262 e. The van der Waals surface area contributed by atoms with E-state index in [9.17, 15) is 4.79 Å². The first-order chi connectivity index (χ1) is 8.56. The molecule has 2 nitrogen and oxygen atoms in total. The molecule has 2 rings (SSSR count). The van der Waals surface area contributed by atoms with E-state index in [0.717, 1.165) is 34.5 Å². The summed E-state index contributed by atoms with van der Waals surface area (Å²) in [6.07, 6.45) is 4.57. The van der Waals surface area contributed by atoms with Gasteiger partial charge in [-0.05, 0) is 55.5 Å². The van der Waals surface area contributed by atoms with Gasteiger partial charge in [-0.25, -0.2) is 0 Å². The van der Waals surface area contributed by atoms with Crippen LogP contribution in [0.2, 0.25) is 0 Å². The Kier molecular flexibility index (Phi) is 4.49. The molecule has 1 fully saturated rings. The molecule has 0 aliphatic heterocycles. The molecule has 1 aliphatic carbocycles. The number of aryl methyl sites for hydroxylation is 1. The highest BCUT2D eigenvalue weighted by atomic mass is 79.9. The van der Waals surface area contributed by atoms with Gasteiger partial charge in [-0.2, -0.15) is 0 Å². The fourth-order valence-corrected chi connectivity index (χ4v) is 4.03. The number of hydrogen-bond donors (Lipinski definition) is 1. The van der Waals surface area contributed by atoms with Crippen molar-refractivity contribution in [1.29, 1.82) is 0 Å². The third-order valence-corrected chi connectivity index (χ3v) is 6.02. The molecule has 1 aliphatic rings. The van der Waals surface area contributed by atoms with E-state index < -0.39 is 0 Å². The van der Waals surface area contributed by atoms with Crippen molar-refractivity contribution in [2.75, 3.05) is 5.33 Å². The smallest absolute Gasteiger partial charge is 0.262 e. The number of nitrogens with one attached hydrogen (secondary N) is 1. The minimum Gasteiger partial charge on any atom is -0.345 e. The lowest BCUT2D eigenvalue weighted by molar-refractivity contribution is 0.0878. The second-order valence-corrected chi connectivity index (χ2v) is 6.96. The summed E-state index contributed by atoms with van der Waals surface area (Å²) in [6.45, 7) is 4.29. The second-order valence-electron chi connectivity index (χ2n) is 5.48. The molecule has 0 bridgehead atoms. The lowest BCUT2D eigenvalue weighted by Crippen LogP contribution is -2.51. The summed E-state index contributed by atoms with van der Waals surface area (Å²) in [5.41, 5.74) is 1.03. The molecule has 1 amide bonds. The van der Waals surface area contributed by atoms with Gasteiger partial charge < -0.3 is 5.32 Å². The van der Waals surface area contributed by atoms with Gasteiger partial charge in [0.2, 0.25) is 0 Å². The first-order valence-electron chi connectivity index (χ1n) is 6.49. The summed E-state index contributed by atoms with van der Waals surface area (Å²) in [5.74, 6) is 0.883. The molecule has 0 atom stereocenters. The van der Waals surface area contributed by atoms with Crippen LogP contribution in [0, 0.1) is 12.8 Å². The van der Waals surface area contributed by atoms with Crippen LogP contribution in [0.1, 0.15) is 47.8 Å². The van der Waals surface area contributed by atoms with E-state index in [1.807, 2.05) is 18.4 Å². The number of carbonyl (C=O) groups excluding carboxylic acids is 1. The monoisotopic (exact) mass is 329 g/mol. The quantitative estimate of drug-likeness (QED) is 0.830. The molecule has 4 heteroatoms. The molecule has 0 aromatic carbocycles. The number of rotatable bonds is 3. The van der Waals surface area contributed by atoms with Crippen molar-refractivity contribution in [2.24, 2.45) is 5.92 Å². The number of carbonyl (C=O) groups is 1. The van der Waals surface area contributed by atoms with Crippen molar-refractivity contribution in [1.82, 2.24) is 5.32 Å². The highest BCUT2D eigenvalue weighted by Gasteiger charge is 2.35. The number of amides is 1. The van der Waals surface area contributed by atoms with E-state index in [4.69, 9.17) is 0 Å². The van der Waals surface area contributed by atoms with Crippen molar-refractivity contribution in [3.63, 3.8) is 0 Å². The molecule has 100 valence electrons. The highest BCUT2D eigenvalue weighted by molar-refractivity contribution is 9.09. The van der Waals surface area contributed by atoms with Crippen molar-refractivity contribution in [2.45, 2.75) is 45.1 Å². The summed E-state index contributed by atoms with van der Waals surface area (Å²) >= 11 is 5.12. The van der Waals surface area contributed by atoms with Crippen LogP contribution in [0.15, 0.2) is 11.4 Å². The van der Waals surface area contributed by atoms with Gasteiger partial charge in [-0.1, -0.05) is 22.9 Å². The minimum absolute atomic E-state index is 0.0416. The standard InChI is InChI=1S/C14H20BrNOS/c1-10-3-6-14(9-15,7-4-10)16-13(17)12-11(2)5-8-18-12/h5,8,10H,3-4,6-7,9H2,1-2H3,(H,16,17). The zero-order chi connectivity index (χ0) is 13.2. The Bertz CT molecular complexity index is 421. The molecule has 0 spiro atoms. The summed E-state index contributed by atoms with van der Waals surface area (Å²) in [6, 6.07) is 2.00. The SMILES string of the molecule is Cc1ccsc1C(=O)NC1(CBr)CCC(C)CC1. The molecule has 1 saturated carbocycles. The Morgan fingerprint density at radius 1 is 1.56 bits per heavy atom. The molecule has 1 aromatic rings. The topological polar surface area (TPSA) is 29.1 Å². The predicted molar refractivity (Wildman–Crippen MR) is 80.7 cm³/mol. The fourth-order valence-electron chi connectivity index (χ4n) is 2.51. The van der Waals surface area contributed by atoms with Crippen LogP contribution < -0.4 is 5.32 Å². The normalized spacial score (nSPS) is 28.1. The summed E-state index contributed by atoms with van der Waals surface area (Å²) in [4.78, 5) is 13.2. The van der Waals surface area contributed by atoms with Gasteiger partial charge >= 0.3 is 0 Å². The van der Waals surface area contributed by atoms with Crippen LogP contribution in [0.4, 0.5) is 0 Å². The van der Waals surface area contributed by atoms with Gasteiger partial charge in [0.1, 0.15) is 0 Å². The average Bonchev–Trinajstić information content (AvgIpc) is 2.79. The van der Waals surface area contributed by atoms with Crippen LogP contribution in [0.3, 0.4) is 0 Å². The van der Waals surface area contributed by atoms with E-state index in [-0.39, 0.29) is 11.4 Å². The van der Waals surface area contributed by atoms with Crippen LogP contribution >= 0.6 is 27.3 Å².